The number of terminal acetylenes is 1. The van der Waals surface area contributed by atoms with E-state index in [0.29, 0.717) is 13.0 Å². The van der Waals surface area contributed by atoms with Gasteiger partial charge in [-0.25, -0.2) is 6.57 Å². The second-order valence-corrected chi connectivity index (χ2v) is 2.73. The largest absolute Gasteiger partial charge is 0.311 e. The molecule has 4 heteroatoms. The highest BCUT2D eigenvalue weighted by molar-refractivity contribution is 5.13. The third-order valence-electron chi connectivity index (χ3n) is 1.67. The molecule has 0 saturated heterocycles. The van der Waals surface area contributed by atoms with Crippen LogP contribution in [0.2, 0.25) is 0 Å². The predicted octanol–water partition coefficient (Wildman–Crippen LogP) is 0.870. The van der Waals surface area contributed by atoms with E-state index in [1.165, 1.54) is 0 Å². The van der Waals surface area contributed by atoms with Crippen molar-refractivity contribution in [3.8, 4) is 18.4 Å². The van der Waals surface area contributed by atoms with Crippen molar-refractivity contribution < 1.29 is 0 Å². The summed E-state index contributed by atoms with van der Waals surface area (Å²) in [6, 6.07) is 1.28. The summed E-state index contributed by atoms with van der Waals surface area (Å²) in [5.41, 5.74) is 0.864. The number of aromatic nitrogens is 2. The molecule has 0 radical (unpaired) electrons. The van der Waals surface area contributed by atoms with Crippen molar-refractivity contribution in [2.45, 2.75) is 19.0 Å². The highest BCUT2D eigenvalue weighted by atomic mass is 15.3. The molecule has 0 fully saturated rings. The summed E-state index contributed by atoms with van der Waals surface area (Å²) < 4.78 is 1.60. The van der Waals surface area contributed by atoms with Crippen molar-refractivity contribution in [2.75, 3.05) is 0 Å². The Kier molecular flexibility index (Phi) is 3.30. The van der Waals surface area contributed by atoms with Gasteiger partial charge in [0, 0.05) is 6.20 Å². The van der Waals surface area contributed by atoms with E-state index in [2.05, 4.69) is 15.9 Å². The molecule has 0 amide bonds. The van der Waals surface area contributed by atoms with Crippen molar-refractivity contribution in [3.63, 3.8) is 0 Å². The van der Waals surface area contributed by atoms with E-state index in [-0.39, 0.29) is 0 Å². The number of nitrogens with zero attached hydrogens (tertiary/aromatic N) is 4. The molecular weight excluding hydrogens is 176 g/mol. The Hall–Kier alpha value is -2.25. The highest BCUT2D eigenvalue weighted by Crippen LogP contribution is 2.04. The molecule has 0 aromatic carbocycles. The fraction of sp³-hybridized carbons (Fsp3) is 0.300. The lowest BCUT2D eigenvalue weighted by molar-refractivity contribution is 0.714. The van der Waals surface area contributed by atoms with Gasteiger partial charge in [0.25, 0.3) is 0 Å². The molecule has 1 heterocycles. The third-order valence-corrected chi connectivity index (χ3v) is 1.67. The Morgan fingerprint density at radius 1 is 1.79 bits per heavy atom. The van der Waals surface area contributed by atoms with E-state index >= 15 is 0 Å². The predicted molar refractivity (Wildman–Crippen MR) is 50.8 cm³/mol. The first kappa shape index (κ1) is 9.84. The van der Waals surface area contributed by atoms with E-state index in [4.69, 9.17) is 18.3 Å². The van der Waals surface area contributed by atoms with Crippen LogP contribution in [-0.2, 0) is 13.0 Å². The fourth-order valence-corrected chi connectivity index (χ4v) is 1.04. The molecule has 0 N–H and O–H groups in total. The molecule has 0 saturated carbocycles. The summed E-state index contributed by atoms with van der Waals surface area (Å²) in [6.45, 7) is 7.15. The molecule has 0 bridgehead atoms. The summed E-state index contributed by atoms with van der Waals surface area (Å²) >= 11 is 0. The molecule has 4 nitrogen and oxygen atoms in total. The maximum Gasteiger partial charge on any atom is 0.311 e. The Morgan fingerprint density at radius 3 is 3.14 bits per heavy atom. The maximum atomic E-state index is 8.57. The first-order valence-corrected chi connectivity index (χ1v) is 4.01. The molecule has 14 heavy (non-hydrogen) atoms. The minimum absolute atomic E-state index is 0.407. The second kappa shape index (κ2) is 4.70. The van der Waals surface area contributed by atoms with Crippen molar-refractivity contribution in [1.29, 1.82) is 5.26 Å². The summed E-state index contributed by atoms with van der Waals surface area (Å²) in [7, 11) is 0. The van der Waals surface area contributed by atoms with Crippen LogP contribution >= 0.6 is 0 Å². The first-order chi connectivity index (χ1) is 6.80. The number of hydrogen-bond donors (Lipinski definition) is 0. The van der Waals surface area contributed by atoms with Gasteiger partial charge in [-0.05, 0) is 5.56 Å². The van der Waals surface area contributed by atoms with Crippen LogP contribution in [0.5, 0.6) is 0 Å². The minimum atomic E-state index is -0.626. The molecule has 0 spiro atoms. The van der Waals surface area contributed by atoms with Gasteiger partial charge in [0.2, 0.25) is 0 Å². The average molecular weight is 184 g/mol. The standard InChI is InChI=1S/C10H8N4/c1-3-4-14-8-9(7-13-14)5-10(6-11)12-2/h1,7-8,10H,4-5H2. The zero-order chi connectivity index (χ0) is 10.4. The van der Waals surface area contributed by atoms with E-state index in [1.54, 1.807) is 17.1 Å². The molecule has 1 aromatic rings. The van der Waals surface area contributed by atoms with Crippen LogP contribution < -0.4 is 0 Å². The van der Waals surface area contributed by atoms with Gasteiger partial charge in [0.15, 0.2) is 6.07 Å². The first-order valence-electron chi connectivity index (χ1n) is 4.01. The Labute approximate surface area is 82.6 Å². The van der Waals surface area contributed by atoms with E-state index in [0.717, 1.165) is 5.56 Å². The van der Waals surface area contributed by atoms with Gasteiger partial charge in [-0.3, -0.25) is 9.53 Å². The summed E-state index contributed by atoms with van der Waals surface area (Å²) in [5, 5.41) is 12.6. The van der Waals surface area contributed by atoms with Gasteiger partial charge < -0.3 is 0 Å². The van der Waals surface area contributed by atoms with Gasteiger partial charge >= 0.3 is 6.04 Å². The summed E-state index contributed by atoms with van der Waals surface area (Å²) in [4.78, 5) is 3.17. The number of rotatable bonds is 3. The van der Waals surface area contributed by atoms with Crippen molar-refractivity contribution in [2.24, 2.45) is 0 Å². The smallest absolute Gasteiger partial charge is 0.297 e. The Bertz CT molecular complexity index is 410. The Balaban J connectivity index is 2.66. The van der Waals surface area contributed by atoms with Crippen molar-refractivity contribution in [3.05, 3.63) is 29.4 Å². The average Bonchev–Trinajstić information content (AvgIpc) is 2.63. The van der Waals surface area contributed by atoms with E-state index < -0.39 is 6.04 Å². The zero-order valence-corrected chi connectivity index (χ0v) is 7.51. The van der Waals surface area contributed by atoms with Crippen LogP contribution in [0, 0.1) is 30.2 Å². The van der Waals surface area contributed by atoms with Crippen molar-refractivity contribution in [1.82, 2.24) is 9.78 Å². The monoisotopic (exact) mass is 184 g/mol. The lowest BCUT2D eigenvalue weighted by Crippen LogP contribution is -2.01. The van der Waals surface area contributed by atoms with Gasteiger partial charge in [0.05, 0.1) is 12.6 Å². The van der Waals surface area contributed by atoms with Crippen LogP contribution in [0.4, 0.5) is 0 Å². The number of nitriles is 1. The van der Waals surface area contributed by atoms with Crippen LogP contribution in [0.15, 0.2) is 12.4 Å². The van der Waals surface area contributed by atoms with Crippen molar-refractivity contribution >= 4 is 0 Å². The molecule has 0 aliphatic rings. The molecule has 1 rings (SSSR count). The van der Waals surface area contributed by atoms with Crippen LogP contribution in [0.25, 0.3) is 4.85 Å². The molecular formula is C10H8N4. The maximum absolute atomic E-state index is 8.57. The molecule has 1 unspecified atom stereocenters. The molecule has 1 aromatic heterocycles. The van der Waals surface area contributed by atoms with Gasteiger partial charge in [-0.15, -0.1) is 6.42 Å². The van der Waals surface area contributed by atoms with Crippen LogP contribution in [-0.4, -0.2) is 15.8 Å². The molecule has 0 aliphatic carbocycles. The fourth-order valence-electron chi connectivity index (χ4n) is 1.04. The van der Waals surface area contributed by atoms with E-state index in [1.807, 2.05) is 6.07 Å². The van der Waals surface area contributed by atoms with Gasteiger partial charge in [0.1, 0.15) is 6.54 Å². The highest BCUT2D eigenvalue weighted by Gasteiger charge is 2.12. The minimum Gasteiger partial charge on any atom is -0.297 e. The lowest BCUT2D eigenvalue weighted by Gasteiger charge is -1.92. The molecule has 0 aliphatic heterocycles. The molecule has 68 valence electrons. The number of hydrogen-bond acceptors (Lipinski definition) is 2. The lowest BCUT2D eigenvalue weighted by atomic mass is 10.1. The second-order valence-electron chi connectivity index (χ2n) is 2.73. The summed E-state index contributed by atoms with van der Waals surface area (Å²) in [6.07, 6.45) is 8.91. The topological polar surface area (TPSA) is 46.0 Å². The molecule has 1 atom stereocenters. The van der Waals surface area contributed by atoms with Crippen LogP contribution in [0.1, 0.15) is 5.56 Å². The SMILES string of the molecule is [C-]#[N+]C(C#N)Cc1cnn(CC#C)c1. The normalized spacial score (nSPS) is 10.9. The Morgan fingerprint density at radius 2 is 2.57 bits per heavy atom. The van der Waals surface area contributed by atoms with Crippen LogP contribution in [0.3, 0.4) is 0 Å². The van der Waals surface area contributed by atoms with Gasteiger partial charge in [-0.2, -0.15) is 10.4 Å². The zero-order valence-electron chi connectivity index (χ0n) is 7.51. The quantitative estimate of drug-likeness (QED) is 0.517. The van der Waals surface area contributed by atoms with E-state index in [9.17, 15) is 0 Å². The van der Waals surface area contributed by atoms with Gasteiger partial charge in [-0.1, -0.05) is 5.92 Å². The third kappa shape index (κ3) is 2.37. The summed E-state index contributed by atoms with van der Waals surface area (Å²) in [5.74, 6) is 2.45.